The molecule has 2 aromatic carbocycles. The summed E-state index contributed by atoms with van der Waals surface area (Å²) >= 11 is 0. The Bertz CT molecular complexity index is 1020. The van der Waals surface area contributed by atoms with E-state index in [4.69, 9.17) is 19.4 Å². The molecule has 2 aromatic rings. The Morgan fingerprint density at radius 3 is 2.09 bits per heavy atom. The molecule has 0 aliphatic heterocycles. The largest absolute Gasteiger partial charge is 0.479 e. The van der Waals surface area contributed by atoms with Gasteiger partial charge >= 0.3 is 12.1 Å². The number of amides is 2. The summed E-state index contributed by atoms with van der Waals surface area (Å²) in [6, 6.07) is 15.0. The third-order valence-corrected chi connectivity index (χ3v) is 5.66. The molecule has 0 radical (unpaired) electrons. The summed E-state index contributed by atoms with van der Waals surface area (Å²) < 4.78 is 10.3. The second-order valence-corrected chi connectivity index (χ2v) is 9.65. The third kappa shape index (κ3) is 6.80. The highest BCUT2D eigenvalue weighted by Crippen LogP contribution is 2.44. The van der Waals surface area contributed by atoms with Crippen molar-refractivity contribution < 1.29 is 33.8 Å². The maximum atomic E-state index is 12.7. The number of hydrogen-bond donors (Lipinski definition) is 3. The molecule has 2 atom stereocenters. The highest BCUT2D eigenvalue weighted by molar-refractivity contribution is 5.85. The van der Waals surface area contributed by atoms with Gasteiger partial charge in [0, 0.05) is 13.0 Å². The number of nitrogens with one attached hydrogen (secondary N) is 2. The smallest absolute Gasteiger partial charge is 0.407 e. The van der Waals surface area contributed by atoms with Gasteiger partial charge in [-0.25, -0.2) is 15.1 Å². The number of benzene rings is 2. The zero-order chi connectivity index (χ0) is 25.6. The average molecular weight is 485 g/mol. The minimum Gasteiger partial charge on any atom is -0.479 e. The number of fused-ring (bicyclic) bond motifs is 3. The molecule has 0 heterocycles. The normalized spacial score (nSPS) is 14.4. The first-order valence-corrected chi connectivity index (χ1v) is 11.4. The number of hydrogen-bond acceptors (Lipinski definition) is 6. The molecule has 3 rings (SSSR count). The topological polar surface area (TPSA) is 123 Å². The molecule has 188 valence electrons. The van der Waals surface area contributed by atoms with Gasteiger partial charge in [-0.1, -0.05) is 69.3 Å². The van der Waals surface area contributed by atoms with Crippen molar-refractivity contribution in [1.29, 1.82) is 0 Å². The summed E-state index contributed by atoms with van der Waals surface area (Å²) in [5, 5.41) is 11.8. The van der Waals surface area contributed by atoms with Gasteiger partial charge in [-0.2, -0.15) is 0 Å². The molecule has 35 heavy (non-hydrogen) atoms. The van der Waals surface area contributed by atoms with E-state index in [1.807, 2.05) is 69.3 Å². The van der Waals surface area contributed by atoms with Crippen molar-refractivity contribution in [2.45, 2.75) is 45.3 Å². The summed E-state index contributed by atoms with van der Waals surface area (Å²) in [4.78, 5) is 41.6. The van der Waals surface area contributed by atoms with Crippen LogP contribution in [-0.4, -0.2) is 55.5 Å². The Balaban J connectivity index is 1.65. The predicted octanol–water partition coefficient (Wildman–Crippen LogP) is 3.48. The van der Waals surface area contributed by atoms with Crippen molar-refractivity contribution in [2.24, 2.45) is 5.41 Å². The van der Waals surface area contributed by atoms with Crippen LogP contribution in [0.2, 0.25) is 0 Å². The van der Waals surface area contributed by atoms with Crippen LogP contribution < -0.4 is 10.8 Å². The number of methoxy groups -OCH3 is 1. The van der Waals surface area contributed by atoms with Crippen LogP contribution in [-0.2, 0) is 23.9 Å². The number of alkyl carbamates (subject to hydrolysis) is 1. The van der Waals surface area contributed by atoms with E-state index in [1.54, 1.807) is 0 Å². The molecule has 2 amide bonds. The Kier molecular flexibility index (Phi) is 8.48. The quantitative estimate of drug-likeness (QED) is 0.441. The number of carbonyl (C=O) groups excluding carboxylic acids is 2. The Morgan fingerprint density at radius 2 is 1.57 bits per heavy atom. The van der Waals surface area contributed by atoms with Crippen molar-refractivity contribution in [2.75, 3.05) is 20.3 Å². The number of ether oxygens (including phenoxy) is 2. The molecule has 9 nitrogen and oxygen atoms in total. The van der Waals surface area contributed by atoms with E-state index >= 15 is 0 Å². The number of hydroxylamine groups is 1. The fraction of sp³-hybridized carbons (Fsp3) is 0.423. The van der Waals surface area contributed by atoms with E-state index in [9.17, 15) is 14.4 Å². The zero-order valence-corrected chi connectivity index (χ0v) is 20.4. The van der Waals surface area contributed by atoms with E-state index in [1.165, 1.54) is 7.11 Å². The SMILES string of the molecule is COCC(ONC(=O)C(CC(C)(C)C)NC(=O)OCC1c2ccccc2-c2ccccc21)C(=O)O. The van der Waals surface area contributed by atoms with Gasteiger partial charge in [0.25, 0.3) is 5.91 Å². The molecule has 0 saturated carbocycles. The van der Waals surface area contributed by atoms with Gasteiger partial charge in [0.15, 0.2) is 0 Å². The van der Waals surface area contributed by atoms with Crippen LogP contribution in [0.4, 0.5) is 4.79 Å². The molecule has 0 bridgehead atoms. The van der Waals surface area contributed by atoms with Gasteiger partial charge < -0.3 is 19.9 Å². The number of carboxylic acid groups (broad SMARTS) is 1. The highest BCUT2D eigenvalue weighted by atomic mass is 16.7. The van der Waals surface area contributed by atoms with Crippen molar-refractivity contribution in [1.82, 2.24) is 10.8 Å². The molecule has 1 aliphatic carbocycles. The second kappa shape index (κ2) is 11.3. The number of aliphatic carboxylic acids is 1. The summed E-state index contributed by atoms with van der Waals surface area (Å²) in [5.41, 5.74) is 6.20. The second-order valence-electron chi connectivity index (χ2n) is 9.65. The first-order valence-electron chi connectivity index (χ1n) is 11.4. The minimum atomic E-state index is -1.38. The van der Waals surface area contributed by atoms with Crippen molar-refractivity contribution in [3.8, 4) is 11.1 Å². The molecule has 0 fully saturated rings. The molecule has 1 aliphatic rings. The molecular weight excluding hydrogens is 452 g/mol. The molecule has 3 N–H and O–H groups in total. The van der Waals surface area contributed by atoms with Crippen LogP contribution >= 0.6 is 0 Å². The molecule has 0 spiro atoms. The average Bonchev–Trinajstić information content (AvgIpc) is 3.12. The monoisotopic (exact) mass is 484 g/mol. The fourth-order valence-electron chi connectivity index (χ4n) is 4.11. The van der Waals surface area contributed by atoms with E-state index in [0.29, 0.717) is 0 Å². The standard InChI is InChI=1S/C26H32N2O7/c1-26(2,3)13-21(23(29)28-35-22(15-33-4)24(30)31)27-25(32)34-14-20-18-11-7-5-9-16(18)17-10-6-8-12-19(17)20/h5-12,20-22H,13-15H2,1-4H3,(H,27,32)(H,28,29)(H,30,31). The molecule has 9 heteroatoms. The van der Waals surface area contributed by atoms with Gasteiger partial charge in [0.05, 0.1) is 6.61 Å². The highest BCUT2D eigenvalue weighted by Gasteiger charge is 2.31. The minimum absolute atomic E-state index is 0.106. The van der Waals surface area contributed by atoms with E-state index in [2.05, 4.69) is 10.8 Å². The maximum Gasteiger partial charge on any atom is 0.407 e. The van der Waals surface area contributed by atoms with Gasteiger partial charge in [-0.15, -0.1) is 0 Å². The van der Waals surface area contributed by atoms with Crippen LogP contribution in [0, 0.1) is 5.41 Å². The van der Waals surface area contributed by atoms with Crippen molar-refractivity contribution >= 4 is 18.0 Å². The van der Waals surface area contributed by atoms with Gasteiger partial charge in [-0.05, 0) is 34.1 Å². The lowest BCUT2D eigenvalue weighted by Crippen LogP contribution is -2.50. The van der Waals surface area contributed by atoms with Crippen LogP contribution in [0.3, 0.4) is 0 Å². The molecular formula is C26H32N2O7. The predicted molar refractivity (Wildman–Crippen MR) is 129 cm³/mol. The lowest BCUT2D eigenvalue weighted by molar-refractivity contribution is -0.165. The Labute approximate surface area is 204 Å². The summed E-state index contributed by atoms with van der Waals surface area (Å²) in [6.07, 6.45) is -1.86. The van der Waals surface area contributed by atoms with E-state index in [-0.39, 0.29) is 31.0 Å². The molecule has 0 saturated heterocycles. The van der Waals surface area contributed by atoms with Crippen LogP contribution in [0.5, 0.6) is 0 Å². The lowest BCUT2D eigenvalue weighted by atomic mass is 9.88. The van der Waals surface area contributed by atoms with Gasteiger partial charge in [0.1, 0.15) is 12.6 Å². The third-order valence-electron chi connectivity index (χ3n) is 5.66. The number of carbonyl (C=O) groups is 3. The first-order chi connectivity index (χ1) is 16.6. The van der Waals surface area contributed by atoms with Gasteiger partial charge in [0.2, 0.25) is 6.10 Å². The first kappa shape index (κ1) is 26.2. The van der Waals surface area contributed by atoms with Crippen molar-refractivity contribution in [3.05, 3.63) is 59.7 Å². The maximum absolute atomic E-state index is 12.7. The summed E-state index contributed by atoms with van der Waals surface area (Å²) in [5.74, 6) is -2.09. The van der Waals surface area contributed by atoms with Crippen LogP contribution in [0.25, 0.3) is 11.1 Å². The van der Waals surface area contributed by atoms with Crippen LogP contribution in [0.15, 0.2) is 48.5 Å². The zero-order valence-electron chi connectivity index (χ0n) is 20.4. The van der Waals surface area contributed by atoms with Crippen molar-refractivity contribution in [3.63, 3.8) is 0 Å². The molecule has 2 unspecified atom stereocenters. The van der Waals surface area contributed by atoms with Crippen LogP contribution in [0.1, 0.15) is 44.2 Å². The van der Waals surface area contributed by atoms with E-state index < -0.39 is 30.1 Å². The van der Waals surface area contributed by atoms with E-state index in [0.717, 1.165) is 22.3 Å². The Morgan fingerprint density at radius 1 is 1.00 bits per heavy atom. The lowest BCUT2D eigenvalue weighted by Gasteiger charge is -2.26. The number of rotatable bonds is 10. The molecule has 0 aromatic heterocycles. The summed E-state index contributed by atoms with van der Waals surface area (Å²) in [7, 11) is 1.32. The number of carboxylic acids is 1. The van der Waals surface area contributed by atoms with Gasteiger partial charge in [-0.3, -0.25) is 9.63 Å². The fourth-order valence-corrected chi connectivity index (χ4v) is 4.11. The summed E-state index contributed by atoms with van der Waals surface area (Å²) in [6.45, 7) is 5.60. The Hall–Kier alpha value is -3.43.